The van der Waals surface area contributed by atoms with Gasteiger partial charge in [0.2, 0.25) is 5.16 Å². The molecule has 0 unspecified atom stereocenters. The molecule has 0 radical (unpaired) electrons. The molecule has 1 aromatic carbocycles. The minimum Gasteiger partial charge on any atom is -0.328 e. The predicted octanol–water partition coefficient (Wildman–Crippen LogP) is 2.01. The third kappa shape index (κ3) is 2.26. The van der Waals surface area contributed by atoms with E-state index in [4.69, 9.17) is 0 Å². The summed E-state index contributed by atoms with van der Waals surface area (Å²) in [5, 5.41) is 12.0. The first kappa shape index (κ1) is 13.0. The van der Waals surface area contributed by atoms with Gasteiger partial charge in [0.25, 0.3) is 0 Å². The second-order valence-electron chi connectivity index (χ2n) is 4.28. The number of imidazole rings is 1. The van der Waals surface area contributed by atoms with E-state index in [0.717, 1.165) is 23.0 Å². The molecule has 0 aliphatic rings. The molecule has 0 aliphatic heterocycles. The van der Waals surface area contributed by atoms with Gasteiger partial charge in [-0.25, -0.2) is 14.1 Å². The van der Waals surface area contributed by atoms with Crippen molar-refractivity contribution >= 4 is 22.8 Å². The van der Waals surface area contributed by atoms with Crippen LogP contribution in [-0.4, -0.2) is 29.8 Å². The van der Waals surface area contributed by atoms with E-state index < -0.39 is 0 Å². The highest BCUT2D eigenvalue weighted by molar-refractivity contribution is 7.98. The topological polar surface area (TPSA) is 61.4 Å². The van der Waals surface area contributed by atoms with E-state index in [9.17, 15) is 4.39 Å². The van der Waals surface area contributed by atoms with Crippen molar-refractivity contribution < 1.29 is 4.39 Å². The first-order valence-corrected chi connectivity index (χ1v) is 7.17. The normalized spacial score (nSPS) is 11.3. The van der Waals surface area contributed by atoms with Crippen molar-refractivity contribution in [3.8, 4) is 0 Å². The standard InChI is InChI=1S/C12H13FN6S/c1-3-19-10-5-4-8(13)6-9(10)14-11(19)7-20-12-15-16-17-18(12)2/h4-6H,3,7H2,1-2H3. The first-order valence-electron chi connectivity index (χ1n) is 6.19. The number of halogens is 1. The Morgan fingerprint density at radius 1 is 1.35 bits per heavy atom. The molecule has 0 bridgehead atoms. The summed E-state index contributed by atoms with van der Waals surface area (Å²) in [4.78, 5) is 4.50. The van der Waals surface area contributed by atoms with Crippen LogP contribution in [0.15, 0.2) is 23.4 Å². The Hall–Kier alpha value is -1.96. The maximum absolute atomic E-state index is 13.3. The Labute approximate surface area is 119 Å². The lowest BCUT2D eigenvalue weighted by Crippen LogP contribution is -2.01. The van der Waals surface area contributed by atoms with Gasteiger partial charge in [-0.05, 0) is 29.5 Å². The Kier molecular flexibility index (Phi) is 3.39. The minimum atomic E-state index is -0.269. The molecule has 0 atom stereocenters. The quantitative estimate of drug-likeness (QED) is 0.688. The Morgan fingerprint density at radius 3 is 2.90 bits per heavy atom. The highest BCUT2D eigenvalue weighted by atomic mass is 32.2. The molecule has 3 rings (SSSR count). The summed E-state index contributed by atoms with van der Waals surface area (Å²) in [6.45, 7) is 2.83. The molecule has 0 fully saturated rings. The molecular weight excluding hydrogens is 279 g/mol. The lowest BCUT2D eigenvalue weighted by atomic mass is 10.3. The summed E-state index contributed by atoms with van der Waals surface area (Å²) < 4.78 is 16.9. The fourth-order valence-corrected chi connectivity index (χ4v) is 2.88. The summed E-state index contributed by atoms with van der Waals surface area (Å²) >= 11 is 1.51. The lowest BCUT2D eigenvalue weighted by Gasteiger charge is -2.05. The van der Waals surface area contributed by atoms with Gasteiger partial charge in [-0.15, -0.1) is 5.10 Å². The van der Waals surface area contributed by atoms with Gasteiger partial charge < -0.3 is 4.57 Å². The molecule has 0 amide bonds. The zero-order valence-electron chi connectivity index (χ0n) is 11.1. The number of hydrogen-bond donors (Lipinski definition) is 0. The fraction of sp³-hybridized carbons (Fsp3) is 0.333. The van der Waals surface area contributed by atoms with Crippen molar-refractivity contribution in [1.82, 2.24) is 29.8 Å². The number of aromatic nitrogens is 6. The van der Waals surface area contributed by atoms with Crippen LogP contribution in [0.2, 0.25) is 0 Å². The van der Waals surface area contributed by atoms with Crippen LogP contribution in [0.1, 0.15) is 12.7 Å². The molecule has 20 heavy (non-hydrogen) atoms. The molecule has 2 heterocycles. The van der Waals surface area contributed by atoms with Gasteiger partial charge in [-0.1, -0.05) is 11.8 Å². The largest absolute Gasteiger partial charge is 0.328 e. The number of fused-ring (bicyclic) bond motifs is 1. The number of hydrogen-bond acceptors (Lipinski definition) is 5. The highest BCUT2D eigenvalue weighted by Gasteiger charge is 2.12. The van der Waals surface area contributed by atoms with Crippen molar-refractivity contribution in [2.75, 3.05) is 0 Å². The van der Waals surface area contributed by atoms with E-state index in [0.29, 0.717) is 11.3 Å². The molecule has 0 saturated heterocycles. The number of nitrogens with zero attached hydrogens (tertiary/aromatic N) is 6. The van der Waals surface area contributed by atoms with Crippen molar-refractivity contribution in [2.24, 2.45) is 7.05 Å². The van der Waals surface area contributed by atoms with Gasteiger partial charge in [0.05, 0.1) is 16.8 Å². The Balaban J connectivity index is 1.92. The second-order valence-corrected chi connectivity index (χ2v) is 5.22. The monoisotopic (exact) mass is 292 g/mol. The van der Waals surface area contributed by atoms with Gasteiger partial charge in [0.15, 0.2) is 0 Å². The highest BCUT2D eigenvalue weighted by Crippen LogP contribution is 2.23. The van der Waals surface area contributed by atoms with Crippen LogP contribution in [0.5, 0.6) is 0 Å². The van der Waals surface area contributed by atoms with E-state index in [-0.39, 0.29) is 5.82 Å². The maximum Gasteiger partial charge on any atom is 0.209 e. The molecule has 6 nitrogen and oxygen atoms in total. The molecule has 0 saturated carbocycles. The number of rotatable bonds is 4. The number of benzene rings is 1. The second kappa shape index (κ2) is 5.20. The van der Waals surface area contributed by atoms with E-state index >= 15 is 0 Å². The van der Waals surface area contributed by atoms with Gasteiger partial charge in [0, 0.05) is 19.7 Å². The summed E-state index contributed by atoms with van der Waals surface area (Å²) in [5.74, 6) is 1.26. The molecule has 8 heteroatoms. The minimum absolute atomic E-state index is 0.269. The van der Waals surface area contributed by atoms with Crippen molar-refractivity contribution in [1.29, 1.82) is 0 Å². The third-order valence-corrected chi connectivity index (χ3v) is 4.02. The predicted molar refractivity (Wildman–Crippen MR) is 73.7 cm³/mol. The number of thioether (sulfide) groups is 1. The van der Waals surface area contributed by atoms with Gasteiger partial charge in [0.1, 0.15) is 11.6 Å². The van der Waals surface area contributed by atoms with E-state index in [1.54, 1.807) is 17.8 Å². The molecule has 104 valence electrons. The molecular formula is C12H13FN6S. The molecule has 0 N–H and O–H groups in total. The fourth-order valence-electron chi connectivity index (χ4n) is 2.09. The maximum atomic E-state index is 13.3. The van der Waals surface area contributed by atoms with Gasteiger partial charge in [-0.3, -0.25) is 0 Å². The van der Waals surface area contributed by atoms with Crippen molar-refractivity contribution in [2.45, 2.75) is 24.4 Å². The lowest BCUT2D eigenvalue weighted by molar-refractivity contribution is 0.629. The Bertz CT molecular complexity index is 750. The van der Waals surface area contributed by atoms with E-state index in [1.807, 2.05) is 6.92 Å². The number of aryl methyl sites for hydroxylation is 2. The number of tetrazole rings is 1. The van der Waals surface area contributed by atoms with Gasteiger partial charge in [-0.2, -0.15) is 0 Å². The average molecular weight is 292 g/mol. The van der Waals surface area contributed by atoms with Crippen LogP contribution in [0, 0.1) is 5.82 Å². The van der Waals surface area contributed by atoms with Crippen molar-refractivity contribution in [3.63, 3.8) is 0 Å². The zero-order chi connectivity index (χ0) is 14.1. The van der Waals surface area contributed by atoms with E-state index in [1.165, 1.54) is 23.9 Å². The summed E-state index contributed by atoms with van der Waals surface area (Å²) in [6.07, 6.45) is 0. The summed E-state index contributed by atoms with van der Waals surface area (Å²) in [5.41, 5.74) is 1.62. The molecule has 0 aliphatic carbocycles. The Morgan fingerprint density at radius 2 is 2.20 bits per heavy atom. The summed E-state index contributed by atoms with van der Waals surface area (Å²) in [6, 6.07) is 4.68. The molecule has 0 spiro atoms. The van der Waals surface area contributed by atoms with Crippen LogP contribution in [-0.2, 0) is 19.3 Å². The third-order valence-electron chi connectivity index (χ3n) is 3.02. The SMILES string of the molecule is CCn1c(CSc2nnnn2C)nc2cc(F)ccc21. The van der Waals surface area contributed by atoms with Crippen LogP contribution < -0.4 is 0 Å². The first-order chi connectivity index (χ1) is 9.69. The average Bonchev–Trinajstić information content (AvgIpc) is 2.98. The van der Waals surface area contributed by atoms with Crippen LogP contribution >= 0.6 is 11.8 Å². The molecule has 3 aromatic rings. The van der Waals surface area contributed by atoms with Crippen LogP contribution in [0.4, 0.5) is 4.39 Å². The zero-order valence-corrected chi connectivity index (χ0v) is 11.9. The van der Waals surface area contributed by atoms with E-state index in [2.05, 4.69) is 25.1 Å². The summed E-state index contributed by atoms with van der Waals surface area (Å²) in [7, 11) is 1.79. The van der Waals surface area contributed by atoms with Gasteiger partial charge >= 0.3 is 0 Å². The van der Waals surface area contributed by atoms with Crippen LogP contribution in [0.3, 0.4) is 0 Å². The van der Waals surface area contributed by atoms with Crippen LogP contribution in [0.25, 0.3) is 11.0 Å². The molecule has 2 aromatic heterocycles. The van der Waals surface area contributed by atoms with Crippen molar-refractivity contribution in [3.05, 3.63) is 29.8 Å². The smallest absolute Gasteiger partial charge is 0.209 e.